The predicted molar refractivity (Wildman–Crippen MR) is 131 cm³/mol. The van der Waals surface area contributed by atoms with Crippen LogP contribution >= 0.6 is 0 Å². The first kappa shape index (κ1) is 25.6. The van der Waals surface area contributed by atoms with Crippen LogP contribution in [0.2, 0.25) is 0 Å². The normalized spacial score (nSPS) is 39.0. The van der Waals surface area contributed by atoms with Gasteiger partial charge in [0.15, 0.2) is 0 Å². The maximum Gasteiger partial charge on any atom is 0.305 e. The SMILES string of the molecule is COC(=O)CCC[C@@]1(C)/C(=N/O)CC[C@H]2[C@@H]3CC[C@H]([C@H](C)CCCC(C)C)[C@@]3(C)CC[C@@H]21. The van der Waals surface area contributed by atoms with Gasteiger partial charge < -0.3 is 9.94 Å². The Kier molecular flexibility index (Phi) is 8.36. The van der Waals surface area contributed by atoms with E-state index >= 15 is 0 Å². The number of oxime groups is 1. The number of ether oxygens (including phenoxy) is 1. The van der Waals surface area contributed by atoms with Gasteiger partial charge in [0.05, 0.1) is 12.8 Å². The third-order valence-corrected chi connectivity index (χ3v) is 10.3. The molecule has 7 atom stereocenters. The third kappa shape index (κ3) is 4.89. The van der Waals surface area contributed by atoms with Gasteiger partial charge in [0.2, 0.25) is 0 Å². The Morgan fingerprint density at radius 3 is 2.50 bits per heavy atom. The molecule has 0 saturated heterocycles. The molecule has 0 aliphatic heterocycles. The third-order valence-electron chi connectivity index (χ3n) is 10.3. The molecule has 1 N–H and O–H groups in total. The van der Waals surface area contributed by atoms with E-state index in [1.165, 1.54) is 58.5 Å². The average Bonchev–Trinajstić information content (AvgIpc) is 3.11. The molecule has 0 spiro atoms. The smallest absolute Gasteiger partial charge is 0.305 e. The van der Waals surface area contributed by atoms with Gasteiger partial charge in [-0.15, -0.1) is 0 Å². The minimum Gasteiger partial charge on any atom is -0.469 e. The van der Waals surface area contributed by atoms with E-state index in [4.69, 9.17) is 4.74 Å². The topological polar surface area (TPSA) is 58.9 Å². The first-order valence-electron chi connectivity index (χ1n) is 13.5. The van der Waals surface area contributed by atoms with Gasteiger partial charge in [-0.1, -0.05) is 59.0 Å². The van der Waals surface area contributed by atoms with Gasteiger partial charge in [-0.05, 0) is 92.3 Å². The van der Waals surface area contributed by atoms with Crippen LogP contribution in [0.1, 0.15) is 112 Å². The molecule has 3 fully saturated rings. The quantitative estimate of drug-likeness (QED) is 0.226. The Hall–Kier alpha value is -1.06. The van der Waals surface area contributed by atoms with Crippen LogP contribution in [0.15, 0.2) is 5.16 Å². The maximum atomic E-state index is 11.7. The molecule has 184 valence electrons. The summed E-state index contributed by atoms with van der Waals surface area (Å²) < 4.78 is 4.86. The largest absolute Gasteiger partial charge is 0.469 e. The van der Waals surface area contributed by atoms with Crippen LogP contribution in [0, 0.1) is 46.3 Å². The first-order valence-corrected chi connectivity index (χ1v) is 13.5. The van der Waals surface area contributed by atoms with Crippen LogP contribution in [0.3, 0.4) is 0 Å². The zero-order valence-corrected chi connectivity index (χ0v) is 21.7. The lowest BCUT2D eigenvalue weighted by atomic mass is 9.47. The first-order chi connectivity index (χ1) is 15.2. The van der Waals surface area contributed by atoms with Crippen molar-refractivity contribution in [2.75, 3.05) is 7.11 Å². The number of hydrogen-bond acceptors (Lipinski definition) is 4. The second kappa shape index (κ2) is 10.5. The summed E-state index contributed by atoms with van der Waals surface area (Å²) in [5.41, 5.74) is 1.36. The van der Waals surface area contributed by atoms with E-state index in [0.717, 1.165) is 54.6 Å². The monoisotopic (exact) mass is 447 g/mol. The van der Waals surface area contributed by atoms with Crippen molar-refractivity contribution in [3.05, 3.63) is 0 Å². The molecule has 0 unspecified atom stereocenters. The number of rotatable bonds is 9. The molecule has 0 amide bonds. The molecule has 0 aromatic heterocycles. The molecule has 32 heavy (non-hydrogen) atoms. The van der Waals surface area contributed by atoms with E-state index in [1.807, 2.05) is 0 Å². The van der Waals surface area contributed by atoms with Gasteiger partial charge in [-0.2, -0.15) is 0 Å². The van der Waals surface area contributed by atoms with Crippen molar-refractivity contribution in [1.82, 2.24) is 0 Å². The lowest BCUT2D eigenvalue weighted by Crippen LogP contribution is -2.52. The maximum absolute atomic E-state index is 11.7. The van der Waals surface area contributed by atoms with Crippen LogP contribution in [-0.2, 0) is 9.53 Å². The minimum absolute atomic E-state index is 0.0893. The highest BCUT2D eigenvalue weighted by atomic mass is 16.5. The molecule has 4 heteroatoms. The molecule has 0 bridgehead atoms. The van der Waals surface area contributed by atoms with Crippen molar-refractivity contribution < 1.29 is 14.7 Å². The van der Waals surface area contributed by atoms with Crippen molar-refractivity contribution in [3.8, 4) is 0 Å². The fraction of sp³-hybridized carbons (Fsp3) is 0.929. The molecule has 3 saturated carbocycles. The summed E-state index contributed by atoms with van der Waals surface area (Å²) in [6.45, 7) is 12.1. The van der Waals surface area contributed by atoms with Crippen LogP contribution in [0.5, 0.6) is 0 Å². The highest BCUT2D eigenvalue weighted by molar-refractivity contribution is 5.90. The van der Waals surface area contributed by atoms with Gasteiger partial charge >= 0.3 is 5.97 Å². The van der Waals surface area contributed by atoms with E-state index in [-0.39, 0.29) is 11.4 Å². The van der Waals surface area contributed by atoms with Crippen molar-refractivity contribution in [3.63, 3.8) is 0 Å². The van der Waals surface area contributed by atoms with Crippen LogP contribution in [0.25, 0.3) is 0 Å². The van der Waals surface area contributed by atoms with Gasteiger partial charge in [0.25, 0.3) is 0 Å². The lowest BCUT2D eigenvalue weighted by Gasteiger charge is -2.57. The Morgan fingerprint density at radius 2 is 1.84 bits per heavy atom. The summed E-state index contributed by atoms with van der Waals surface area (Å²) in [5, 5.41) is 13.6. The zero-order valence-electron chi connectivity index (χ0n) is 21.7. The molecule has 4 nitrogen and oxygen atoms in total. The summed E-state index contributed by atoms with van der Waals surface area (Å²) in [4.78, 5) is 11.7. The predicted octanol–water partition coefficient (Wildman–Crippen LogP) is 7.48. The Morgan fingerprint density at radius 1 is 1.09 bits per heavy atom. The van der Waals surface area contributed by atoms with E-state index in [1.54, 1.807) is 0 Å². The average molecular weight is 448 g/mol. The van der Waals surface area contributed by atoms with Crippen molar-refractivity contribution in [2.24, 2.45) is 51.5 Å². The highest BCUT2D eigenvalue weighted by Gasteiger charge is 2.59. The second-order valence-electron chi connectivity index (χ2n) is 12.3. The van der Waals surface area contributed by atoms with E-state index in [2.05, 4.69) is 39.8 Å². The minimum atomic E-state index is -0.134. The number of esters is 1. The van der Waals surface area contributed by atoms with Gasteiger partial charge in [-0.25, -0.2) is 0 Å². The number of fused-ring (bicyclic) bond motifs is 3. The molecule has 3 rings (SSSR count). The standard InChI is InChI=1S/C28H49NO3/c1-19(2)9-7-10-20(3)22-13-14-23-21-12-15-25(29-31)28(5,17-8-11-26(30)32-6)24(21)16-18-27(22,23)4/h19-24,31H,7-18H2,1-6H3/b29-25+/t20-,21+,22-,23+,24+,27-,28-/m1/s1. The fourth-order valence-electron chi connectivity index (χ4n) is 8.50. The number of methoxy groups -OCH3 is 1. The van der Waals surface area contributed by atoms with Gasteiger partial charge in [-0.3, -0.25) is 4.79 Å². The second-order valence-corrected chi connectivity index (χ2v) is 12.3. The summed E-state index contributed by atoms with van der Waals surface area (Å²) in [5.74, 6) is 4.47. The van der Waals surface area contributed by atoms with Crippen LogP contribution < -0.4 is 0 Å². The van der Waals surface area contributed by atoms with Crippen molar-refractivity contribution in [1.29, 1.82) is 0 Å². The molecular formula is C28H49NO3. The molecule has 0 radical (unpaired) electrons. The van der Waals surface area contributed by atoms with E-state index in [9.17, 15) is 10.0 Å². The molecule has 0 aromatic rings. The number of nitrogens with zero attached hydrogens (tertiary/aromatic N) is 1. The van der Waals surface area contributed by atoms with Gasteiger partial charge in [0.1, 0.15) is 0 Å². The van der Waals surface area contributed by atoms with Gasteiger partial charge in [0, 0.05) is 11.8 Å². The highest BCUT2D eigenvalue weighted by Crippen LogP contribution is 2.66. The van der Waals surface area contributed by atoms with Crippen LogP contribution in [0.4, 0.5) is 0 Å². The zero-order chi connectivity index (χ0) is 23.5. The molecule has 3 aliphatic rings. The molecule has 0 aromatic carbocycles. The Bertz CT molecular complexity index is 674. The molecular weight excluding hydrogens is 398 g/mol. The summed E-state index contributed by atoms with van der Waals surface area (Å²) in [6.07, 6.45) is 13.7. The Balaban J connectivity index is 1.72. The van der Waals surface area contributed by atoms with E-state index < -0.39 is 0 Å². The van der Waals surface area contributed by atoms with Crippen molar-refractivity contribution >= 4 is 11.7 Å². The Labute approximate surface area is 196 Å². The molecule has 3 aliphatic carbocycles. The number of carbonyl (C=O) groups excluding carboxylic acids is 1. The number of carbonyl (C=O) groups is 1. The van der Waals surface area contributed by atoms with E-state index in [0.29, 0.717) is 17.8 Å². The van der Waals surface area contributed by atoms with Crippen LogP contribution in [-0.4, -0.2) is 24.0 Å². The molecule has 0 heterocycles. The lowest BCUT2D eigenvalue weighted by molar-refractivity contribution is -0.140. The number of hydrogen-bond donors (Lipinski definition) is 1. The van der Waals surface area contributed by atoms with Crippen molar-refractivity contribution in [2.45, 2.75) is 112 Å². The summed E-state index contributed by atoms with van der Waals surface area (Å²) in [7, 11) is 1.46. The summed E-state index contributed by atoms with van der Waals surface area (Å²) in [6, 6.07) is 0. The summed E-state index contributed by atoms with van der Waals surface area (Å²) >= 11 is 0. The fourth-order valence-corrected chi connectivity index (χ4v) is 8.50.